The van der Waals surface area contributed by atoms with Crippen LogP contribution < -0.4 is 16.0 Å². The minimum absolute atomic E-state index is 0.0438. The van der Waals surface area contributed by atoms with E-state index in [2.05, 4.69) is 20.9 Å². The molecule has 6 nitrogen and oxygen atoms in total. The van der Waals surface area contributed by atoms with Crippen molar-refractivity contribution in [3.63, 3.8) is 0 Å². The van der Waals surface area contributed by atoms with Crippen molar-refractivity contribution in [1.29, 1.82) is 0 Å². The Morgan fingerprint density at radius 3 is 2.70 bits per heavy atom. The summed E-state index contributed by atoms with van der Waals surface area (Å²) in [6.45, 7) is 3.10. The van der Waals surface area contributed by atoms with Crippen LogP contribution in [0.2, 0.25) is 0 Å². The molecule has 0 radical (unpaired) electrons. The second kappa shape index (κ2) is 7.85. The van der Waals surface area contributed by atoms with Crippen LogP contribution in [0.5, 0.6) is 0 Å². The molecular formula is C13H24N4O2S. The Hall–Kier alpha value is -0.790. The zero-order valence-electron chi connectivity index (χ0n) is 12.0. The number of hydrogen-bond donors (Lipinski definition) is 3. The van der Waals surface area contributed by atoms with Crippen molar-refractivity contribution < 1.29 is 9.59 Å². The number of amides is 2. The van der Waals surface area contributed by atoms with Gasteiger partial charge in [0.1, 0.15) is 0 Å². The summed E-state index contributed by atoms with van der Waals surface area (Å²) in [4.78, 5) is 25.6. The van der Waals surface area contributed by atoms with E-state index in [1.54, 1.807) is 7.05 Å². The van der Waals surface area contributed by atoms with Crippen molar-refractivity contribution in [2.45, 2.75) is 24.9 Å². The van der Waals surface area contributed by atoms with E-state index in [0.29, 0.717) is 6.54 Å². The molecule has 2 fully saturated rings. The molecule has 0 aliphatic carbocycles. The molecule has 0 bridgehead atoms. The molecule has 1 atom stereocenters. The van der Waals surface area contributed by atoms with Crippen LogP contribution in [-0.2, 0) is 9.59 Å². The third kappa shape index (κ3) is 4.64. The van der Waals surface area contributed by atoms with Gasteiger partial charge in [0.15, 0.2) is 0 Å². The molecule has 0 saturated carbocycles. The highest BCUT2D eigenvalue weighted by molar-refractivity contribution is 7.99. The molecular weight excluding hydrogens is 276 g/mol. The van der Waals surface area contributed by atoms with Gasteiger partial charge in [-0.2, -0.15) is 11.8 Å². The number of thioether (sulfide) groups is 1. The summed E-state index contributed by atoms with van der Waals surface area (Å²) >= 11 is 1.83. The molecule has 0 aromatic carbocycles. The van der Waals surface area contributed by atoms with Crippen molar-refractivity contribution >= 4 is 23.6 Å². The molecule has 2 heterocycles. The number of carbonyl (C=O) groups is 2. The second-order valence-corrected chi connectivity index (χ2v) is 6.46. The highest BCUT2D eigenvalue weighted by Gasteiger charge is 2.26. The topological polar surface area (TPSA) is 73.5 Å². The molecule has 0 aromatic rings. The summed E-state index contributed by atoms with van der Waals surface area (Å²) in [6, 6.07) is 0.204. The predicted octanol–water partition coefficient (Wildman–Crippen LogP) is -0.982. The Bertz CT molecular complexity index is 339. The standard InChI is InChI=1S/C13H24N4O2S/c1-14-12(18)8-17-5-2-10(3-6-17)16-13(19)11-9-20-7-4-15-11/h10-11,15H,2-9H2,1H3,(H,14,18)(H,16,19). The maximum Gasteiger partial charge on any atom is 0.238 e. The van der Waals surface area contributed by atoms with E-state index in [4.69, 9.17) is 0 Å². The second-order valence-electron chi connectivity index (χ2n) is 5.31. The van der Waals surface area contributed by atoms with Gasteiger partial charge in [0, 0.05) is 44.2 Å². The normalized spacial score (nSPS) is 25.1. The van der Waals surface area contributed by atoms with E-state index >= 15 is 0 Å². The maximum absolute atomic E-state index is 12.1. The number of nitrogens with zero attached hydrogens (tertiary/aromatic N) is 1. The number of rotatable bonds is 4. The van der Waals surface area contributed by atoms with Crippen LogP contribution in [-0.4, -0.2) is 73.5 Å². The molecule has 114 valence electrons. The first-order valence-corrected chi connectivity index (χ1v) is 8.39. The van der Waals surface area contributed by atoms with Crippen LogP contribution in [0.3, 0.4) is 0 Å². The Balaban J connectivity index is 1.68. The van der Waals surface area contributed by atoms with Gasteiger partial charge in [0.25, 0.3) is 0 Å². The zero-order valence-corrected chi connectivity index (χ0v) is 12.8. The largest absolute Gasteiger partial charge is 0.358 e. The van der Waals surface area contributed by atoms with Gasteiger partial charge in [-0.1, -0.05) is 0 Å². The number of likely N-dealkylation sites (tertiary alicyclic amines) is 1. The summed E-state index contributed by atoms with van der Waals surface area (Å²) in [6.07, 6.45) is 1.84. The maximum atomic E-state index is 12.1. The average Bonchev–Trinajstić information content (AvgIpc) is 2.50. The highest BCUT2D eigenvalue weighted by Crippen LogP contribution is 2.12. The minimum Gasteiger partial charge on any atom is -0.358 e. The number of hydrogen-bond acceptors (Lipinski definition) is 5. The number of nitrogens with one attached hydrogen (secondary N) is 3. The Morgan fingerprint density at radius 1 is 1.35 bits per heavy atom. The van der Waals surface area contributed by atoms with E-state index < -0.39 is 0 Å². The molecule has 0 spiro atoms. The lowest BCUT2D eigenvalue weighted by atomic mass is 10.0. The summed E-state index contributed by atoms with van der Waals surface area (Å²) < 4.78 is 0. The van der Waals surface area contributed by atoms with E-state index in [0.717, 1.165) is 44.0 Å². The lowest BCUT2D eigenvalue weighted by Crippen LogP contribution is -2.54. The van der Waals surface area contributed by atoms with Crippen molar-refractivity contribution in [3.05, 3.63) is 0 Å². The fourth-order valence-corrected chi connectivity index (χ4v) is 3.49. The Labute approximate surface area is 124 Å². The molecule has 2 rings (SSSR count). The van der Waals surface area contributed by atoms with Gasteiger partial charge in [-0.25, -0.2) is 0 Å². The van der Waals surface area contributed by atoms with Gasteiger partial charge in [-0.15, -0.1) is 0 Å². The molecule has 0 aromatic heterocycles. The van der Waals surface area contributed by atoms with Gasteiger partial charge >= 0.3 is 0 Å². The highest BCUT2D eigenvalue weighted by atomic mass is 32.2. The summed E-state index contributed by atoms with van der Waals surface area (Å²) in [5.74, 6) is 2.13. The molecule has 2 saturated heterocycles. The number of carbonyl (C=O) groups excluding carboxylic acids is 2. The smallest absolute Gasteiger partial charge is 0.238 e. The minimum atomic E-state index is -0.0438. The van der Waals surface area contributed by atoms with Crippen LogP contribution in [0.25, 0.3) is 0 Å². The third-order valence-corrected chi connectivity index (χ3v) is 4.88. The van der Waals surface area contributed by atoms with Crippen LogP contribution in [0.4, 0.5) is 0 Å². The van der Waals surface area contributed by atoms with Crippen LogP contribution in [0.1, 0.15) is 12.8 Å². The lowest BCUT2D eigenvalue weighted by Gasteiger charge is -2.33. The van der Waals surface area contributed by atoms with Crippen LogP contribution >= 0.6 is 11.8 Å². The van der Waals surface area contributed by atoms with Gasteiger partial charge < -0.3 is 16.0 Å². The van der Waals surface area contributed by atoms with Crippen LogP contribution in [0, 0.1) is 0 Å². The van der Waals surface area contributed by atoms with Gasteiger partial charge in [0.2, 0.25) is 11.8 Å². The first kappa shape index (κ1) is 15.6. The molecule has 2 amide bonds. The van der Waals surface area contributed by atoms with Gasteiger partial charge in [0.05, 0.1) is 12.6 Å². The zero-order chi connectivity index (χ0) is 14.4. The monoisotopic (exact) mass is 300 g/mol. The van der Waals surface area contributed by atoms with E-state index in [-0.39, 0.29) is 23.9 Å². The molecule has 2 aliphatic heterocycles. The summed E-state index contributed by atoms with van der Waals surface area (Å²) in [7, 11) is 1.66. The van der Waals surface area contributed by atoms with Crippen LogP contribution in [0.15, 0.2) is 0 Å². The first-order valence-electron chi connectivity index (χ1n) is 7.23. The van der Waals surface area contributed by atoms with Gasteiger partial charge in [-0.05, 0) is 12.8 Å². The summed E-state index contributed by atoms with van der Waals surface area (Å²) in [5.41, 5.74) is 0. The van der Waals surface area contributed by atoms with Crippen molar-refractivity contribution in [2.75, 3.05) is 44.7 Å². The van der Waals surface area contributed by atoms with Crippen molar-refractivity contribution in [1.82, 2.24) is 20.9 Å². The Morgan fingerprint density at radius 2 is 2.10 bits per heavy atom. The molecule has 3 N–H and O–H groups in total. The fraction of sp³-hybridized carbons (Fsp3) is 0.846. The molecule has 7 heteroatoms. The molecule has 2 aliphatic rings. The van der Waals surface area contributed by atoms with E-state index in [1.807, 2.05) is 11.8 Å². The fourth-order valence-electron chi connectivity index (χ4n) is 2.55. The summed E-state index contributed by atoms with van der Waals surface area (Å²) in [5, 5.41) is 9.03. The lowest BCUT2D eigenvalue weighted by molar-refractivity contribution is -0.124. The van der Waals surface area contributed by atoms with E-state index in [1.165, 1.54) is 0 Å². The average molecular weight is 300 g/mol. The SMILES string of the molecule is CNC(=O)CN1CCC(NC(=O)C2CSCCN2)CC1. The first-order chi connectivity index (χ1) is 9.69. The Kier molecular flexibility index (Phi) is 6.12. The van der Waals surface area contributed by atoms with Crippen molar-refractivity contribution in [2.24, 2.45) is 0 Å². The third-order valence-electron chi connectivity index (χ3n) is 3.82. The van der Waals surface area contributed by atoms with Gasteiger partial charge in [-0.3, -0.25) is 14.5 Å². The molecule has 20 heavy (non-hydrogen) atoms. The van der Waals surface area contributed by atoms with Crippen molar-refractivity contribution in [3.8, 4) is 0 Å². The molecule has 1 unspecified atom stereocenters. The number of likely N-dealkylation sites (N-methyl/N-ethyl adjacent to an activating group) is 1. The van der Waals surface area contributed by atoms with E-state index in [9.17, 15) is 9.59 Å². The number of piperidine rings is 1. The predicted molar refractivity (Wildman–Crippen MR) is 80.8 cm³/mol. The quantitative estimate of drug-likeness (QED) is 0.622.